The molecule has 0 saturated heterocycles. The van der Waals surface area contributed by atoms with E-state index in [4.69, 9.17) is 18.8 Å². The first-order chi connectivity index (χ1) is 28.9. The zero-order valence-corrected chi connectivity index (χ0v) is 32.5. The predicted molar refractivity (Wildman–Crippen MR) is 241 cm³/mol. The Morgan fingerprint density at radius 2 is 0.898 bits per heavy atom. The minimum absolute atomic E-state index is 0.0726. The Morgan fingerprint density at radius 1 is 0.339 bits per heavy atom. The second-order valence-corrected chi connectivity index (χ2v) is 16.2. The maximum atomic E-state index is 6.34. The molecule has 278 valence electrons. The van der Waals surface area contributed by atoms with Crippen LogP contribution in [0.25, 0.3) is 111 Å². The maximum absolute atomic E-state index is 6.34. The van der Waals surface area contributed by atoms with Gasteiger partial charge in [-0.25, -0.2) is 9.97 Å². The molecular formula is C55H36N2O2. The highest BCUT2D eigenvalue weighted by Gasteiger charge is 2.35. The van der Waals surface area contributed by atoms with Crippen LogP contribution in [-0.4, -0.2) is 9.97 Å². The minimum atomic E-state index is -0.0726. The van der Waals surface area contributed by atoms with Crippen molar-refractivity contribution in [3.8, 4) is 67.3 Å². The molecule has 1 aliphatic carbocycles. The van der Waals surface area contributed by atoms with Crippen LogP contribution in [-0.2, 0) is 5.41 Å². The van der Waals surface area contributed by atoms with E-state index in [0.717, 1.165) is 94.2 Å². The fourth-order valence-electron chi connectivity index (χ4n) is 9.26. The number of hydrogen-bond donors (Lipinski definition) is 0. The third-order valence-electron chi connectivity index (χ3n) is 12.3. The van der Waals surface area contributed by atoms with Crippen molar-refractivity contribution in [2.75, 3.05) is 0 Å². The quantitative estimate of drug-likeness (QED) is 0.175. The molecule has 8 aromatic carbocycles. The van der Waals surface area contributed by atoms with Crippen LogP contribution in [0.5, 0.6) is 0 Å². The van der Waals surface area contributed by atoms with Gasteiger partial charge in [0.1, 0.15) is 22.3 Å². The van der Waals surface area contributed by atoms with E-state index in [9.17, 15) is 0 Å². The zero-order valence-electron chi connectivity index (χ0n) is 32.5. The van der Waals surface area contributed by atoms with Gasteiger partial charge in [-0.3, -0.25) is 0 Å². The summed E-state index contributed by atoms with van der Waals surface area (Å²) < 4.78 is 12.6. The van der Waals surface area contributed by atoms with E-state index in [0.29, 0.717) is 5.82 Å². The van der Waals surface area contributed by atoms with Crippen molar-refractivity contribution >= 4 is 43.9 Å². The van der Waals surface area contributed by atoms with Gasteiger partial charge in [-0.05, 0) is 111 Å². The molecule has 59 heavy (non-hydrogen) atoms. The second-order valence-electron chi connectivity index (χ2n) is 16.2. The molecule has 4 heteroatoms. The van der Waals surface area contributed by atoms with E-state index in [1.165, 1.54) is 22.3 Å². The van der Waals surface area contributed by atoms with Crippen molar-refractivity contribution in [1.82, 2.24) is 9.97 Å². The molecule has 0 N–H and O–H groups in total. The number of hydrogen-bond acceptors (Lipinski definition) is 4. The Balaban J connectivity index is 1.08. The van der Waals surface area contributed by atoms with Gasteiger partial charge >= 0.3 is 0 Å². The smallest absolute Gasteiger partial charge is 0.160 e. The monoisotopic (exact) mass is 756 g/mol. The largest absolute Gasteiger partial charge is 0.456 e. The number of rotatable bonds is 5. The molecule has 4 nitrogen and oxygen atoms in total. The lowest BCUT2D eigenvalue weighted by atomic mass is 9.82. The number of aromatic nitrogens is 2. The van der Waals surface area contributed by atoms with Gasteiger partial charge in [0, 0.05) is 43.7 Å². The van der Waals surface area contributed by atoms with Gasteiger partial charge in [-0.2, -0.15) is 0 Å². The average molecular weight is 757 g/mol. The van der Waals surface area contributed by atoms with Crippen LogP contribution in [0.15, 0.2) is 191 Å². The van der Waals surface area contributed by atoms with Crippen LogP contribution in [0.2, 0.25) is 0 Å². The second kappa shape index (κ2) is 12.7. The zero-order chi connectivity index (χ0) is 39.2. The summed E-state index contributed by atoms with van der Waals surface area (Å²) in [4.78, 5) is 10.5. The van der Waals surface area contributed by atoms with E-state index in [1.807, 2.05) is 48.5 Å². The lowest BCUT2D eigenvalue weighted by Crippen LogP contribution is -2.14. The van der Waals surface area contributed by atoms with Crippen LogP contribution in [0.3, 0.4) is 0 Å². The van der Waals surface area contributed by atoms with Gasteiger partial charge in [-0.15, -0.1) is 0 Å². The van der Waals surface area contributed by atoms with Crippen molar-refractivity contribution in [3.05, 3.63) is 193 Å². The lowest BCUT2D eigenvalue weighted by Gasteiger charge is -2.21. The SMILES string of the molecule is CC1(C)c2ccccc2-c2cc(-c3cc(-c4ccc5oc6ccccc6c5c4)cc(-c4cc(-c5ccc6c(c5)oc5ccccc56)nc(-c5ccccc5)n4)c3)ccc21. The summed E-state index contributed by atoms with van der Waals surface area (Å²) in [5.41, 5.74) is 17.8. The molecule has 0 atom stereocenters. The summed E-state index contributed by atoms with van der Waals surface area (Å²) in [6.07, 6.45) is 0. The fraction of sp³-hybridized carbons (Fsp3) is 0.0545. The normalized spacial score (nSPS) is 13.1. The summed E-state index contributed by atoms with van der Waals surface area (Å²) in [5.74, 6) is 0.664. The van der Waals surface area contributed by atoms with Gasteiger partial charge in [0.25, 0.3) is 0 Å². The molecule has 0 saturated carbocycles. The summed E-state index contributed by atoms with van der Waals surface area (Å²) >= 11 is 0. The molecule has 0 radical (unpaired) electrons. The molecule has 3 heterocycles. The van der Waals surface area contributed by atoms with Gasteiger partial charge in [-0.1, -0.05) is 129 Å². The van der Waals surface area contributed by atoms with E-state index >= 15 is 0 Å². The Hall–Kier alpha value is -7.56. The first kappa shape index (κ1) is 33.6. The van der Waals surface area contributed by atoms with Crippen molar-refractivity contribution in [3.63, 3.8) is 0 Å². The summed E-state index contributed by atoms with van der Waals surface area (Å²) in [5, 5.41) is 4.39. The molecule has 12 rings (SSSR count). The third-order valence-corrected chi connectivity index (χ3v) is 12.3. The number of para-hydroxylation sites is 2. The summed E-state index contributed by atoms with van der Waals surface area (Å²) in [6, 6.07) is 64.4. The maximum Gasteiger partial charge on any atom is 0.160 e. The van der Waals surface area contributed by atoms with E-state index in [2.05, 4.69) is 147 Å². The van der Waals surface area contributed by atoms with Gasteiger partial charge in [0.05, 0.1) is 11.4 Å². The molecule has 0 unspecified atom stereocenters. The third kappa shape index (κ3) is 5.37. The first-order valence-electron chi connectivity index (χ1n) is 20.1. The topological polar surface area (TPSA) is 52.1 Å². The molecule has 0 aliphatic heterocycles. The van der Waals surface area contributed by atoms with E-state index in [-0.39, 0.29) is 5.41 Å². The van der Waals surface area contributed by atoms with E-state index < -0.39 is 0 Å². The lowest BCUT2D eigenvalue weighted by molar-refractivity contribution is 0.660. The van der Waals surface area contributed by atoms with Crippen molar-refractivity contribution in [2.24, 2.45) is 0 Å². The van der Waals surface area contributed by atoms with Crippen molar-refractivity contribution < 1.29 is 8.83 Å². The molecular weight excluding hydrogens is 721 g/mol. The molecule has 0 amide bonds. The minimum Gasteiger partial charge on any atom is -0.456 e. The number of fused-ring (bicyclic) bond motifs is 9. The van der Waals surface area contributed by atoms with Crippen molar-refractivity contribution in [2.45, 2.75) is 19.3 Å². The average Bonchev–Trinajstić information content (AvgIpc) is 3.93. The Kier molecular flexibility index (Phi) is 7.24. The molecule has 11 aromatic rings. The molecule has 0 spiro atoms. The standard InChI is InChI=1S/C55H36N2O2/c1-55(2)46-17-9-6-14-40(46)44-29-34(21-24-47(44)55)37-26-38(35-22-25-52-45(30-35)42-16-8-11-19-51(42)58-52)28-39(27-37)49-32-48(56-54(57-49)33-12-4-3-5-13-33)36-20-23-43-41-15-7-10-18-50(41)59-53(43)31-36/h3-32H,1-2H3. The Labute approximate surface area is 341 Å². The van der Waals surface area contributed by atoms with E-state index in [1.54, 1.807) is 0 Å². The van der Waals surface area contributed by atoms with Gasteiger partial charge < -0.3 is 8.83 Å². The number of nitrogens with zero attached hydrogens (tertiary/aromatic N) is 2. The highest BCUT2D eigenvalue weighted by Crippen LogP contribution is 2.50. The molecule has 0 bridgehead atoms. The first-order valence-corrected chi connectivity index (χ1v) is 20.1. The summed E-state index contributed by atoms with van der Waals surface area (Å²) in [7, 11) is 0. The molecule has 1 aliphatic rings. The molecule has 0 fully saturated rings. The Morgan fingerprint density at radius 3 is 1.69 bits per heavy atom. The van der Waals surface area contributed by atoms with Crippen LogP contribution in [0, 0.1) is 0 Å². The van der Waals surface area contributed by atoms with Crippen LogP contribution < -0.4 is 0 Å². The van der Waals surface area contributed by atoms with Crippen LogP contribution >= 0.6 is 0 Å². The molecule has 3 aromatic heterocycles. The predicted octanol–water partition coefficient (Wildman–Crippen LogP) is 14.9. The number of benzene rings is 8. The van der Waals surface area contributed by atoms with Crippen molar-refractivity contribution in [1.29, 1.82) is 0 Å². The van der Waals surface area contributed by atoms with Gasteiger partial charge in [0.15, 0.2) is 5.82 Å². The Bertz CT molecular complexity index is 3480. The fourth-order valence-corrected chi connectivity index (χ4v) is 9.26. The summed E-state index contributed by atoms with van der Waals surface area (Å²) in [6.45, 7) is 4.66. The van der Waals surface area contributed by atoms with Crippen LogP contribution in [0.1, 0.15) is 25.0 Å². The number of furan rings is 2. The highest BCUT2D eigenvalue weighted by atomic mass is 16.3. The van der Waals surface area contributed by atoms with Crippen LogP contribution in [0.4, 0.5) is 0 Å². The van der Waals surface area contributed by atoms with Gasteiger partial charge in [0.2, 0.25) is 0 Å². The highest BCUT2D eigenvalue weighted by molar-refractivity contribution is 6.07.